The maximum Gasteiger partial charge on any atom is 0.106 e. The highest BCUT2D eigenvalue weighted by Gasteiger charge is 2.32. The van der Waals surface area contributed by atoms with E-state index in [0.29, 0.717) is 4.99 Å². The third-order valence-corrected chi connectivity index (χ3v) is 4.60. The zero-order valence-corrected chi connectivity index (χ0v) is 14.0. The van der Waals surface area contributed by atoms with Crippen LogP contribution < -0.4 is 10.6 Å². The number of hydrogen-bond acceptors (Lipinski definition) is 3. The van der Waals surface area contributed by atoms with Gasteiger partial charge < -0.3 is 10.6 Å². The minimum atomic E-state index is 0.147. The Morgan fingerprint density at radius 1 is 1.37 bits per heavy atom. The largest absolute Gasteiger partial charge is 0.389 e. The first-order valence-corrected chi connectivity index (χ1v) is 7.57. The Morgan fingerprint density at radius 2 is 2.05 bits per heavy atom. The summed E-state index contributed by atoms with van der Waals surface area (Å²) in [5, 5.41) is 0. The Bertz CT molecular complexity index is 501. The smallest absolute Gasteiger partial charge is 0.106 e. The molecule has 104 valence electrons. The SMILES string of the molecule is CN1CCN(c2cc(Br)ccc2C(N)=S)CC1(C)C. The van der Waals surface area contributed by atoms with E-state index in [9.17, 15) is 0 Å². The lowest BCUT2D eigenvalue weighted by Gasteiger charge is -2.46. The first kappa shape index (κ1) is 14.8. The molecule has 0 spiro atoms. The zero-order chi connectivity index (χ0) is 14.2. The molecule has 19 heavy (non-hydrogen) atoms. The van der Waals surface area contributed by atoms with E-state index >= 15 is 0 Å². The molecular weight excluding hydrogens is 322 g/mol. The van der Waals surface area contributed by atoms with E-state index in [1.54, 1.807) is 0 Å². The summed E-state index contributed by atoms with van der Waals surface area (Å²) in [6.45, 7) is 7.52. The highest BCUT2D eigenvalue weighted by atomic mass is 79.9. The topological polar surface area (TPSA) is 32.5 Å². The molecule has 0 saturated carbocycles. The molecular formula is C14H20BrN3S. The second-order valence-electron chi connectivity index (χ2n) is 5.68. The van der Waals surface area contributed by atoms with Gasteiger partial charge in [-0.1, -0.05) is 28.1 Å². The van der Waals surface area contributed by atoms with Gasteiger partial charge >= 0.3 is 0 Å². The molecule has 3 nitrogen and oxygen atoms in total. The van der Waals surface area contributed by atoms with Crippen LogP contribution in [0.4, 0.5) is 5.69 Å². The van der Waals surface area contributed by atoms with Gasteiger partial charge in [0.15, 0.2) is 0 Å². The third-order valence-electron chi connectivity index (χ3n) is 3.88. The molecule has 5 heteroatoms. The summed E-state index contributed by atoms with van der Waals surface area (Å²) in [6.07, 6.45) is 0. The van der Waals surface area contributed by atoms with E-state index in [0.717, 1.165) is 35.4 Å². The van der Waals surface area contributed by atoms with Crippen LogP contribution in [0.15, 0.2) is 22.7 Å². The lowest BCUT2D eigenvalue weighted by molar-refractivity contribution is 0.139. The molecule has 1 heterocycles. The summed E-state index contributed by atoms with van der Waals surface area (Å²) >= 11 is 8.70. The van der Waals surface area contributed by atoms with Gasteiger partial charge in [-0.3, -0.25) is 4.90 Å². The predicted octanol–water partition coefficient (Wildman–Crippen LogP) is 2.61. The second-order valence-corrected chi connectivity index (χ2v) is 7.04. The number of nitrogens with two attached hydrogens (primary N) is 1. The fraction of sp³-hybridized carbons (Fsp3) is 0.500. The van der Waals surface area contributed by atoms with Crippen LogP contribution in [-0.2, 0) is 0 Å². The Labute approximate surface area is 128 Å². The summed E-state index contributed by atoms with van der Waals surface area (Å²) in [5.41, 5.74) is 8.08. The highest BCUT2D eigenvalue weighted by Crippen LogP contribution is 2.29. The van der Waals surface area contributed by atoms with Gasteiger partial charge in [-0.2, -0.15) is 0 Å². The average Bonchev–Trinajstić information content (AvgIpc) is 2.32. The van der Waals surface area contributed by atoms with Gasteiger partial charge in [-0.15, -0.1) is 0 Å². The van der Waals surface area contributed by atoms with Crippen molar-refractivity contribution in [3.63, 3.8) is 0 Å². The van der Waals surface area contributed by atoms with Crippen molar-refractivity contribution >= 4 is 38.8 Å². The zero-order valence-electron chi connectivity index (χ0n) is 11.6. The molecule has 1 fully saturated rings. The number of likely N-dealkylation sites (N-methyl/N-ethyl adjacent to an activating group) is 1. The van der Waals surface area contributed by atoms with Crippen molar-refractivity contribution in [1.82, 2.24) is 4.90 Å². The summed E-state index contributed by atoms with van der Waals surface area (Å²) in [4.78, 5) is 5.22. The number of rotatable bonds is 2. The van der Waals surface area contributed by atoms with Gasteiger partial charge in [-0.05, 0) is 39.1 Å². The number of halogens is 1. The molecule has 1 aromatic carbocycles. The predicted molar refractivity (Wildman–Crippen MR) is 89.0 cm³/mol. The molecule has 0 aliphatic carbocycles. The first-order chi connectivity index (χ1) is 8.81. The molecule has 1 aliphatic heterocycles. The monoisotopic (exact) mass is 341 g/mol. The van der Waals surface area contributed by atoms with Crippen molar-refractivity contribution in [2.45, 2.75) is 19.4 Å². The standard InChI is InChI=1S/C14H20BrN3S/c1-14(2)9-18(7-6-17(14)3)12-8-10(15)4-5-11(12)13(16)19/h4-5,8H,6-7,9H2,1-3H3,(H2,16,19). The van der Waals surface area contributed by atoms with Crippen LogP contribution >= 0.6 is 28.1 Å². The van der Waals surface area contributed by atoms with Gasteiger partial charge in [0.1, 0.15) is 4.99 Å². The van der Waals surface area contributed by atoms with Crippen molar-refractivity contribution in [1.29, 1.82) is 0 Å². The van der Waals surface area contributed by atoms with Crippen molar-refractivity contribution in [2.24, 2.45) is 5.73 Å². The minimum Gasteiger partial charge on any atom is -0.389 e. The number of benzene rings is 1. The summed E-state index contributed by atoms with van der Waals surface area (Å²) in [5.74, 6) is 0. The number of piperazine rings is 1. The molecule has 0 atom stereocenters. The Hall–Kier alpha value is -0.650. The Balaban J connectivity index is 2.36. The molecule has 0 aromatic heterocycles. The van der Waals surface area contributed by atoms with Crippen molar-refractivity contribution in [3.8, 4) is 0 Å². The molecule has 1 saturated heterocycles. The van der Waals surface area contributed by atoms with Gasteiger partial charge in [0.2, 0.25) is 0 Å². The summed E-state index contributed by atoms with van der Waals surface area (Å²) in [7, 11) is 2.17. The van der Waals surface area contributed by atoms with Crippen molar-refractivity contribution in [2.75, 3.05) is 31.6 Å². The summed E-state index contributed by atoms with van der Waals surface area (Å²) < 4.78 is 1.05. The Morgan fingerprint density at radius 3 is 2.63 bits per heavy atom. The van der Waals surface area contributed by atoms with Crippen molar-refractivity contribution in [3.05, 3.63) is 28.2 Å². The van der Waals surface area contributed by atoms with Crippen molar-refractivity contribution < 1.29 is 0 Å². The minimum absolute atomic E-state index is 0.147. The lowest BCUT2D eigenvalue weighted by Crippen LogP contribution is -2.58. The van der Waals surface area contributed by atoms with Crippen LogP contribution in [0.2, 0.25) is 0 Å². The van der Waals surface area contributed by atoms with Crippen LogP contribution in [-0.4, -0.2) is 42.1 Å². The maximum absolute atomic E-state index is 5.85. The molecule has 0 unspecified atom stereocenters. The molecule has 0 bridgehead atoms. The van der Waals surface area contributed by atoms with Gasteiger partial charge in [-0.25, -0.2) is 0 Å². The normalized spacial score (nSPS) is 19.5. The number of thiocarbonyl (C=S) groups is 1. The molecule has 1 aliphatic rings. The number of hydrogen-bond donors (Lipinski definition) is 1. The third kappa shape index (κ3) is 3.09. The van der Waals surface area contributed by atoms with E-state index in [4.69, 9.17) is 18.0 Å². The molecule has 0 radical (unpaired) electrons. The molecule has 1 aromatic rings. The summed E-state index contributed by atoms with van der Waals surface area (Å²) in [6, 6.07) is 6.09. The van der Waals surface area contributed by atoms with Gasteiger partial charge in [0.25, 0.3) is 0 Å². The van der Waals surface area contributed by atoms with E-state index in [2.05, 4.69) is 52.7 Å². The fourth-order valence-electron chi connectivity index (χ4n) is 2.42. The van der Waals surface area contributed by atoms with E-state index < -0.39 is 0 Å². The number of nitrogens with zero attached hydrogens (tertiary/aromatic N) is 2. The van der Waals surface area contributed by atoms with Gasteiger partial charge in [0, 0.05) is 40.9 Å². The van der Waals surface area contributed by atoms with Crippen LogP contribution in [0.5, 0.6) is 0 Å². The van der Waals surface area contributed by atoms with E-state index in [1.165, 1.54) is 0 Å². The second kappa shape index (κ2) is 5.38. The molecule has 2 N–H and O–H groups in total. The highest BCUT2D eigenvalue weighted by molar-refractivity contribution is 9.10. The maximum atomic E-state index is 5.85. The van der Waals surface area contributed by atoms with Crippen LogP contribution in [0.25, 0.3) is 0 Å². The average molecular weight is 342 g/mol. The van der Waals surface area contributed by atoms with Crippen LogP contribution in [0.1, 0.15) is 19.4 Å². The molecule has 0 amide bonds. The fourth-order valence-corrected chi connectivity index (χ4v) is 2.94. The Kier molecular flexibility index (Phi) is 4.18. The molecule has 2 rings (SSSR count). The van der Waals surface area contributed by atoms with Crippen LogP contribution in [0, 0.1) is 0 Å². The quantitative estimate of drug-likeness (QED) is 0.838. The van der Waals surface area contributed by atoms with Gasteiger partial charge in [0.05, 0.1) is 0 Å². The number of anilines is 1. The van der Waals surface area contributed by atoms with E-state index in [1.807, 2.05) is 12.1 Å². The van der Waals surface area contributed by atoms with E-state index in [-0.39, 0.29) is 5.54 Å². The van der Waals surface area contributed by atoms with Crippen LogP contribution in [0.3, 0.4) is 0 Å². The lowest BCUT2D eigenvalue weighted by atomic mass is 9.98. The first-order valence-electron chi connectivity index (χ1n) is 6.37.